The van der Waals surface area contributed by atoms with Gasteiger partial charge in [-0.15, -0.1) is 0 Å². The molecule has 2 N–H and O–H groups in total. The second-order valence-corrected chi connectivity index (χ2v) is 7.07. The van der Waals surface area contributed by atoms with Crippen molar-refractivity contribution in [2.75, 3.05) is 0 Å². The Morgan fingerprint density at radius 3 is 2.29 bits per heavy atom. The molecule has 0 aliphatic heterocycles. The van der Waals surface area contributed by atoms with Gasteiger partial charge in [-0.25, -0.2) is 0 Å². The van der Waals surface area contributed by atoms with E-state index in [4.69, 9.17) is 4.74 Å². The fourth-order valence-corrected chi connectivity index (χ4v) is 2.92. The third-order valence-electron chi connectivity index (χ3n) is 4.64. The number of hydrogen-bond acceptors (Lipinski definition) is 3. The maximum Gasteiger partial charge on any atom is 0.244 e. The van der Waals surface area contributed by atoms with Gasteiger partial charge in [0.1, 0.15) is 18.4 Å². The first-order chi connectivity index (χ1) is 15.1. The zero-order valence-corrected chi connectivity index (χ0v) is 17.5. The number of carbonyl (C=O) groups excluding carboxylic acids is 2. The van der Waals surface area contributed by atoms with Crippen molar-refractivity contribution in [3.63, 3.8) is 0 Å². The lowest BCUT2D eigenvalue weighted by Crippen LogP contribution is -2.44. The van der Waals surface area contributed by atoms with Crippen LogP contribution in [0.25, 0.3) is 6.08 Å². The molecule has 2 amide bonds. The minimum absolute atomic E-state index is 0.265. The Kier molecular flexibility index (Phi) is 8.00. The van der Waals surface area contributed by atoms with Gasteiger partial charge in [0.25, 0.3) is 0 Å². The molecule has 158 valence electrons. The summed E-state index contributed by atoms with van der Waals surface area (Å²) in [4.78, 5) is 24.5. The number of amides is 2. The van der Waals surface area contributed by atoms with Crippen LogP contribution < -0.4 is 15.4 Å². The van der Waals surface area contributed by atoms with Gasteiger partial charge in [0.15, 0.2) is 0 Å². The molecule has 3 rings (SSSR count). The Balaban J connectivity index is 1.49. The molecule has 0 fully saturated rings. The van der Waals surface area contributed by atoms with Crippen LogP contribution >= 0.6 is 0 Å². The molecule has 0 spiro atoms. The Hall–Kier alpha value is -3.86. The molecule has 0 aromatic heterocycles. The molecule has 0 saturated heterocycles. The van der Waals surface area contributed by atoms with E-state index in [9.17, 15) is 9.59 Å². The smallest absolute Gasteiger partial charge is 0.244 e. The number of para-hydroxylation sites is 1. The summed E-state index contributed by atoms with van der Waals surface area (Å²) in [5.41, 5.74) is 2.86. The average Bonchev–Trinajstić information content (AvgIpc) is 2.81. The predicted octanol–water partition coefficient (Wildman–Crippen LogP) is 4.10. The van der Waals surface area contributed by atoms with E-state index in [0.29, 0.717) is 18.9 Å². The summed E-state index contributed by atoms with van der Waals surface area (Å²) in [5.74, 6) is 0.131. The molecular formula is C26H26N2O3. The van der Waals surface area contributed by atoms with Crippen molar-refractivity contribution in [2.45, 2.75) is 26.1 Å². The highest BCUT2D eigenvalue weighted by Crippen LogP contribution is 2.19. The van der Waals surface area contributed by atoms with Crippen LogP contribution in [0.15, 0.2) is 91.0 Å². The molecule has 5 nitrogen and oxygen atoms in total. The third-order valence-corrected chi connectivity index (χ3v) is 4.64. The summed E-state index contributed by atoms with van der Waals surface area (Å²) < 4.78 is 5.92. The van der Waals surface area contributed by atoms with Crippen molar-refractivity contribution in [3.8, 4) is 5.75 Å². The molecule has 1 unspecified atom stereocenters. The van der Waals surface area contributed by atoms with Gasteiger partial charge in [0.05, 0.1) is 0 Å². The van der Waals surface area contributed by atoms with Crippen molar-refractivity contribution in [1.82, 2.24) is 10.6 Å². The van der Waals surface area contributed by atoms with Crippen molar-refractivity contribution in [3.05, 3.63) is 108 Å². The van der Waals surface area contributed by atoms with Gasteiger partial charge in [-0.05, 0) is 30.2 Å². The number of carbonyl (C=O) groups is 2. The van der Waals surface area contributed by atoms with Crippen LogP contribution in [-0.2, 0) is 22.7 Å². The van der Waals surface area contributed by atoms with Gasteiger partial charge in [-0.1, -0.05) is 78.9 Å². The normalized spacial score (nSPS) is 11.6. The SMILES string of the molecule is CC(NC(=O)/C=C/c1ccccc1)C(=O)NCc1ccccc1OCc1ccccc1. The van der Waals surface area contributed by atoms with Crippen LogP contribution in [0.2, 0.25) is 0 Å². The average molecular weight is 415 g/mol. The molecule has 3 aromatic rings. The largest absolute Gasteiger partial charge is 0.489 e. The van der Waals surface area contributed by atoms with Crippen LogP contribution in [0, 0.1) is 0 Å². The summed E-state index contributed by atoms with van der Waals surface area (Å²) in [7, 11) is 0. The van der Waals surface area contributed by atoms with Crippen molar-refractivity contribution >= 4 is 17.9 Å². The molecule has 1 atom stereocenters. The lowest BCUT2D eigenvalue weighted by molar-refractivity contribution is -0.126. The predicted molar refractivity (Wildman–Crippen MR) is 122 cm³/mol. The highest BCUT2D eigenvalue weighted by Gasteiger charge is 2.14. The Morgan fingerprint density at radius 2 is 1.55 bits per heavy atom. The molecule has 0 heterocycles. The quantitative estimate of drug-likeness (QED) is 0.518. The highest BCUT2D eigenvalue weighted by atomic mass is 16.5. The van der Waals surface area contributed by atoms with Gasteiger partial charge < -0.3 is 15.4 Å². The molecule has 3 aromatic carbocycles. The molecule has 0 saturated carbocycles. The first-order valence-electron chi connectivity index (χ1n) is 10.2. The molecular weight excluding hydrogens is 388 g/mol. The van der Waals surface area contributed by atoms with Crippen LogP contribution in [0.3, 0.4) is 0 Å². The van der Waals surface area contributed by atoms with E-state index in [-0.39, 0.29) is 11.8 Å². The first-order valence-corrected chi connectivity index (χ1v) is 10.2. The van der Waals surface area contributed by atoms with Gasteiger partial charge in [0.2, 0.25) is 11.8 Å². The van der Waals surface area contributed by atoms with Crippen molar-refractivity contribution in [2.24, 2.45) is 0 Å². The standard InChI is InChI=1S/C26H26N2O3/c1-20(28-25(29)17-16-21-10-4-2-5-11-21)26(30)27-18-23-14-8-9-15-24(23)31-19-22-12-6-3-7-13-22/h2-17,20H,18-19H2,1H3,(H,27,30)(H,28,29)/b17-16+. The zero-order valence-electron chi connectivity index (χ0n) is 17.5. The molecule has 0 aliphatic carbocycles. The van der Waals surface area contributed by atoms with Crippen molar-refractivity contribution < 1.29 is 14.3 Å². The lowest BCUT2D eigenvalue weighted by atomic mass is 10.2. The number of ether oxygens (including phenoxy) is 1. The van der Waals surface area contributed by atoms with E-state index in [1.807, 2.05) is 84.9 Å². The minimum atomic E-state index is -0.662. The topological polar surface area (TPSA) is 67.4 Å². The molecule has 31 heavy (non-hydrogen) atoms. The first kappa shape index (κ1) is 21.8. The van der Waals surface area contributed by atoms with E-state index in [1.54, 1.807) is 13.0 Å². The summed E-state index contributed by atoms with van der Waals surface area (Å²) in [6.45, 7) is 2.41. The number of nitrogens with one attached hydrogen (secondary N) is 2. The van der Waals surface area contributed by atoms with E-state index in [2.05, 4.69) is 10.6 Å². The van der Waals surface area contributed by atoms with Crippen LogP contribution in [0.5, 0.6) is 5.75 Å². The van der Waals surface area contributed by atoms with Crippen LogP contribution in [0.1, 0.15) is 23.6 Å². The monoisotopic (exact) mass is 414 g/mol. The molecule has 0 bridgehead atoms. The Morgan fingerprint density at radius 1 is 0.903 bits per heavy atom. The summed E-state index contributed by atoms with van der Waals surface area (Å²) in [6.07, 6.45) is 3.13. The zero-order chi connectivity index (χ0) is 21.9. The lowest BCUT2D eigenvalue weighted by Gasteiger charge is -2.15. The highest BCUT2D eigenvalue weighted by molar-refractivity contribution is 5.95. The summed E-state index contributed by atoms with van der Waals surface area (Å²) in [6, 6.07) is 26.3. The minimum Gasteiger partial charge on any atom is -0.489 e. The number of rotatable bonds is 9. The van der Waals surface area contributed by atoms with Gasteiger partial charge in [-0.3, -0.25) is 9.59 Å². The molecule has 5 heteroatoms. The van der Waals surface area contributed by atoms with Gasteiger partial charge in [0, 0.05) is 18.2 Å². The Labute approximate surface area is 182 Å². The fourth-order valence-electron chi connectivity index (χ4n) is 2.92. The maximum atomic E-state index is 12.4. The van der Waals surface area contributed by atoms with Crippen molar-refractivity contribution in [1.29, 1.82) is 0 Å². The molecule has 0 aliphatic rings. The summed E-state index contributed by atoms with van der Waals surface area (Å²) in [5, 5.41) is 5.54. The fraction of sp³-hybridized carbons (Fsp3) is 0.154. The maximum absolute atomic E-state index is 12.4. The van der Waals surface area contributed by atoms with E-state index < -0.39 is 6.04 Å². The molecule has 0 radical (unpaired) electrons. The number of benzene rings is 3. The van der Waals surface area contributed by atoms with Crippen LogP contribution in [-0.4, -0.2) is 17.9 Å². The second-order valence-electron chi connectivity index (χ2n) is 7.07. The summed E-state index contributed by atoms with van der Waals surface area (Å²) >= 11 is 0. The van der Waals surface area contributed by atoms with Crippen LogP contribution in [0.4, 0.5) is 0 Å². The Bertz CT molecular complexity index is 1020. The van der Waals surface area contributed by atoms with E-state index >= 15 is 0 Å². The van der Waals surface area contributed by atoms with E-state index in [1.165, 1.54) is 6.08 Å². The van der Waals surface area contributed by atoms with E-state index in [0.717, 1.165) is 16.7 Å². The van der Waals surface area contributed by atoms with Gasteiger partial charge >= 0.3 is 0 Å². The third kappa shape index (κ3) is 7.16. The second kappa shape index (κ2) is 11.4. The van der Waals surface area contributed by atoms with Gasteiger partial charge in [-0.2, -0.15) is 0 Å². The number of hydrogen-bond donors (Lipinski definition) is 2.